The average Bonchev–Trinajstić information content (AvgIpc) is 3.22. The summed E-state index contributed by atoms with van der Waals surface area (Å²) in [7, 11) is 1.65. The van der Waals surface area contributed by atoms with Gasteiger partial charge in [-0.1, -0.05) is 56.3 Å². The van der Waals surface area contributed by atoms with Crippen molar-refractivity contribution in [1.29, 1.82) is 0 Å². The summed E-state index contributed by atoms with van der Waals surface area (Å²) in [6, 6.07) is 18.1. The number of amides is 1. The standard InChI is InChI=1S/C23H26N4O2/c1-16(2)13-22(28)26-20(18-9-11-19(29-3)12-10-18)14-21(17-7-5-4-6-8-17)27-23(26)24-15-25-27/h4-12,15-16,20-21H,13-14H2,1-3H3/t20-,21+/m1/s1. The first-order chi connectivity index (χ1) is 14.1. The Morgan fingerprint density at radius 1 is 1.07 bits per heavy atom. The number of hydrogen-bond acceptors (Lipinski definition) is 4. The van der Waals surface area contributed by atoms with Gasteiger partial charge in [-0.2, -0.15) is 10.1 Å². The molecule has 1 aliphatic rings. The highest BCUT2D eigenvalue weighted by Gasteiger charge is 2.39. The molecule has 0 bridgehead atoms. The summed E-state index contributed by atoms with van der Waals surface area (Å²) in [4.78, 5) is 19.6. The molecule has 0 fully saturated rings. The van der Waals surface area contributed by atoms with Crippen LogP contribution in [0.1, 0.15) is 49.9 Å². The monoisotopic (exact) mass is 390 g/mol. The van der Waals surface area contributed by atoms with Gasteiger partial charge in [0, 0.05) is 6.42 Å². The van der Waals surface area contributed by atoms with E-state index in [-0.39, 0.29) is 23.9 Å². The van der Waals surface area contributed by atoms with Crippen molar-refractivity contribution in [2.45, 2.75) is 38.8 Å². The Morgan fingerprint density at radius 2 is 1.76 bits per heavy atom. The molecule has 0 unspecified atom stereocenters. The van der Waals surface area contributed by atoms with E-state index >= 15 is 0 Å². The summed E-state index contributed by atoms with van der Waals surface area (Å²) in [5, 5.41) is 4.47. The summed E-state index contributed by atoms with van der Waals surface area (Å²) in [5.41, 5.74) is 2.23. The summed E-state index contributed by atoms with van der Waals surface area (Å²) >= 11 is 0. The van der Waals surface area contributed by atoms with Crippen LogP contribution >= 0.6 is 0 Å². The van der Waals surface area contributed by atoms with Crippen LogP contribution in [0.5, 0.6) is 5.75 Å². The fourth-order valence-electron chi connectivity index (χ4n) is 3.99. The van der Waals surface area contributed by atoms with Crippen molar-refractivity contribution in [3.63, 3.8) is 0 Å². The summed E-state index contributed by atoms with van der Waals surface area (Å²) < 4.78 is 7.19. The van der Waals surface area contributed by atoms with Crippen LogP contribution in [0.4, 0.5) is 5.95 Å². The molecule has 6 nitrogen and oxygen atoms in total. The number of nitrogens with zero attached hydrogens (tertiary/aromatic N) is 4. The van der Waals surface area contributed by atoms with E-state index < -0.39 is 0 Å². The molecule has 0 N–H and O–H groups in total. The van der Waals surface area contributed by atoms with Crippen LogP contribution in [-0.2, 0) is 4.79 Å². The van der Waals surface area contributed by atoms with Crippen molar-refractivity contribution < 1.29 is 9.53 Å². The van der Waals surface area contributed by atoms with E-state index in [1.54, 1.807) is 7.11 Å². The second-order valence-electron chi connectivity index (χ2n) is 7.82. The third-order valence-corrected chi connectivity index (χ3v) is 5.36. The number of anilines is 1. The molecule has 6 heteroatoms. The molecular weight excluding hydrogens is 364 g/mol. The van der Waals surface area contributed by atoms with Crippen LogP contribution in [0.2, 0.25) is 0 Å². The first-order valence-corrected chi connectivity index (χ1v) is 9.99. The molecule has 0 aliphatic carbocycles. The molecule has 1 amide bonds. The predicted octanol–water partition coefficient (Wildman–Crippen LogP) is 4.40. The number of aromatic nitrogens is 3. The van der Waals surface area contributed by atoms with Gasteiger partial charge in [0.05, 0.1) is 19.2 Å². The maximum absolute atomic E-state index is 13.2. The zero-order valence-electron chi connectivity index (χ0n) is 17.0. The van der Waals surface area contributed by atoms with E-state index in [1.807, 2.05) is 52.0 Å². The van der Waals surface area contributed by atoms with E-state index in [0.29, 0.717) is 12.4 Å². The molecule has 0 spiro atoms. The predicted molar refractivity (Wildman–Crippen MR) is 112 cm³/mol. The first kappa shape index (κ1) is 19.2. The van der Waals surface area contributed by atoms with Crippen molar-refractivity contribution in [2.75, 3.05) is 12.0 Å². The number of carbonyl (C=O) groups is 1. The largest absolute Gasteiger partial charge is 0.497 e. The van der Waals surface area contributed by atoms with Crippen LogP contribution in [0.3, 0.4) is 0 Å². The molecule has 1 aliphatic heterocycles. The second-order valence-corrected chi connectivity index (χ2v) is 7.82. The third kappa shape index (κ3) is 3.75. The molecule has 2 heterocycles. The lowest BCUT2D eigenvalue weighted by Gasteiger charge is -2.39. The van der Waals surface area contributed by atoms with Gasteiger partial charge in [0.25, 0.3) is 0 Å². The van der Waals surface area contributed by atoms with Gasteiger partial charge in [-0.15, -0.1) is 0 Å². The Balaban J connectivity index is 1.80. The van der Waals surface area contributed by atoms with E-state index in [4.69, 9.17) is 4.74 Å². The molecule has 0 radical (unpaired) electrons. The fourth-order valence-corrected chi connectivity index (χ4v) is 3.99. The molecule has 0 saturated heterocycles. The van der Waals surface area contributed by atoms with Gasteiger partial charge >= 0.3 is 0 Å². The second kappa shape index (κ2) is 8.07. The molecule has 150 valence electrons. The van der Waals surface area contributed by atoms with E-state index in [9.17, 15) is 4.79 Å². The molecule has 2 atom stereocenters. The average molecular weight is 390 g/mol. The highest BCUT2D eigenvalue weighted by molar-refractivity contribution is 5.93. The Bertz CT molecular complexity index is 966. The van der Waals surface area contributed by atoms with Gasteiger partial charge in [0.2, 0.25) is 11.9 Å². The van der Waals surface area contributed by atoms with Crippen LogP contribution in [-0.4, -0.2) is 27.8 Å². The Kier molecular flexibility index (Phi) is 5.34. The number of fused-ring (bicyclic) bond motifs is 1. The highest BCUT2D eigenvalue weighted by Crippen LogP contribution is 2.42. The van der Waals surface area contributed by atoms with Crippen molar-refractivity contribution in [1.82, 2.24) is 14.8 Å². The lowest BCUT2D eigenvalue weighted by molar-refractivity contribution is -0.120. The van der Waals surface area contributed by atoms with Gasteiger partial charge in [-0.25, -0.2) is 4.68 Å². The van der Waals surface area contributed by atoms with Crippen LogP contribution in [0, 0.1) is 5.92 Å². The lowest BCUT2D eigenvalue weighted by atomic mass is 9.91. The lowest BCUT2D eigenvalue weighted by Crippen LogP contribution is -2.43. The molecule has 3 aromatic rings. The van der Waals surface area contributed by atoms with Gasteiger partial charge in [-0.05, 0) is 35.6 Å². The van der Waals surface area contributed by atoms with Gasteiger partial charge in [-0.3, -0.25) is 9.69 Å². The van der Waals surface area contributed by atoms with E-state index in [2.05, 4.69) is 36.1 Å². The van der Waals surface area contributed by atoms with E-state index in [0.717, 1.165) is 23.3 Å². The smallest absolute Gasteiger partial charge is 0.231 e. The molecule has 4 rings (SSSR count). The van der Waals surface area contributed by atoms with Crippen molar-refractivity contribution in [2.24, 2.45) is 5.92 Å². The number of carbonyl (C=O) groups excluding carboxylic acids is 1. The first-order valence-electron chi connectivity index (χ1n) is 9.99. The van der Waals surface area contributed by atoms with Crippen molar-refractivity contribution in [3.8, 4) is 5.75 Å². The Labute approximate surface area is 171 Å². The number of hydrogen-bond donors (Lipinski definition) is 0. The van der Waals surface area contributed by atoms with Gasteiger partial charge in [0.15, 0.2) is 0 Å². The number of benzene rings is 2. The normalized spacial score (nSPS) is 18.6. The highest BCUT2D eigenvalue weighted by atomic mass is 16.5. The zero-order valence-corrected chi connectivity index (χ0v) is 17.0. The minimum absolute atomic E-state index is 0.0175. The maximum atomic E-state index is 13.2. The molecule has 29 heavy (non-hydrogen) atoms. The van der Waals surface area contributed by atoms with Crippen molar-refractivity contribution in [3.05, 3.63) is 72.1 Å². The molecule has 1 aromatic heterocycles. The minimum atomic E-state index is -0.117. The number of methoxy groups -OCH3 is 1. The van der Waals surface area contributed by atoms with Crippen LogP contribution in [0.25, 0.3) is 0 Å². The molecular formula is C23H26N4O2. The van der Waals surface area contributed by atoms with Crippen LogP contribution in [0.15, 0.2) is 60.9 Å². The topological polar surface area (TPSA) is 60.2 Å². The zero-order chi connectivity index (χ0) is 20.4. The number of rotatable bonds is 5. The summed E-state index contributed by atoms with van der Waals surface area (Å²) in [5.74, 6) is 1.74. The number of ether oxygens (including phenoxy) is 1. The van der Waals surface area contributed by atoms with Crippen molar-refractivity contribution >= 4 is 11.9 Å². The van der Waals surface area contributed by atoms with E-state index in [1.165, 1.54) is 6.33 Å². The van der Waals surface area contributed by atoms with Gasteiger partial charge in [0.1, 0.15) is 12.1 Å². The summed E-state index contributed by atoms with van der Waals surface area (Å²) in [6.07, 6.45) is 2.74. The van der Waals surface area contributed by atoms with Gasteiger partial charge < -0.3 is 4.74 Å². The quantitative estimate of drug-likeness (QED) is 0.648. The maximum Gasteiger partial charge on any atom is 0.231 e. The third-order valence-electron chi connectivity index (χ3n) is 5.36. The molecule has 0 saturated carbocycles. The Morgan fingerprint density at radius 3 is 2.41 bits per heavy atom. The van der Waals surface area contributed by atoms with Crippen LogP contribution < -0.4 is 9.64 Å². The SMILES string of the molecule is COc1ccc([C@H]2C[C@@H](c3ccccc3)n3ncnc3N2C(=O)CC(C)C)cc1. The fraction of sp³-hybridized carbons (Fsp3) is 0.348. The summed E-state index contributed by atoms with van der Waals surface area (Å²) in [6.45, 7) is 4.11. The molecule has 2 aromatic carbocycles. The Hall–Kier alpha value is -3.15. The minimum Gasteiger partial charge on any atom is -0.497 e.